The van der Waals surface area contributed by atoms with Gasteiger partial charge in [-0.2, -0.15) is 13.2 Å². The molecule has 2 rings (SSSR count). The number of rotatable bonds is 4. The molecule has 0 saturated carbocycles. The Labute approximate surface area is 127 Å². The molecule has 4 nitrogen and oxygen atoms in total. The lowest BCUT2D eigenvalue weighted by atomic mass is 10.00. The summed E-state index contributed by atoms with van der Waals surface area (Å²) in [5.74, 6) is 0. The predicted octanol–water partition coefficient (Wildman–Crippen LogP) is 3.11. The normalized spacial score (nSPS) is 17.0. The maximum Gasteiger partial charge on any atom is 0.418 e. The van der Waals surface area contributed by atoms with Crippen molar-refractivity contribution in [2.75, 3.05) is 34.4 Å². The van der Waals surface area contributed by atoms with Crippen LogP contribution in [-0.4, -0.2) is 44.2 Å². The van der Waals surface area contributed by atoms with Gasteiger partial charge in [-0.25, -0.2) is 0 Å². The number of alkyl halides is 3. The number of aromatic nitrogens is 1. The number of likely N-dealkylation sites (N-methyl/N-ethyl adjacent to an activating group) is 1. The number of ether oxygens (including phenoxy) is 2. The molecule has 22 heavy (non-hydrogen) atoms. The standard InChI is InChI=1S/C15H19F3N2O2/c1-20-6-4-5-10(9-20)11-7-12(15(16,17)18)13(19-8-11)14(21-2)22-3/h5,7-8,14H,4,6,9H2,1-3H3. The average molecular weight is 316 g/mol. The van der Waals surface area contributed by atoms with Crippen LogP contribution in [0.15, 0.2) is 18.3 Å². The lowest BCUT2D eigenvalue weighted by Crippen LogP contribution is -2.25. The van der Waals surface area contributed by atoms with E-state index in [2.05, 4.69) is 9.88 Å². The highest BCUT2D eigenvalue weighted by atomic mass is 19.4. The Morgan fingerprint density at radius 3 is 2.50 bits per heavy atom. The quantitative estimate of drug-likeness (QED) is 0.800. The number of hydrogen-bond acceptors (Lipinski definition) is 4. The van der Waals surface area contributed by atoms with Gasteiger partial charge in [-0.3, -0.25) is 4.98 Å². The molecule has 7 heteroatoms. The Hall–Kier alpha value is -1.44. The third-order valence-electron chi connectivity index (χ3n) is 3.59. The van der Waals surface area contributed by atoms with E-state index in [-0.39, 0.29) is 5.69 Å². The molecule has 2 heterocycles. The topological polar surface area (TPSA) is 34.6 Å². The molecule has 1 aliphatic heterocycles. The van der Waals surface area contributed by atoms with Gasteiger partial charge in [-0.05, 0) is 30.7 Å². The van der Waals surface area contributed by atoms with Crippen molar-refractivity contribution in [1.29, 1.82) is 0 Å². The maximum absolute atomic E-state index is 13.3. The fourth-order valence-electron chi connectivity index (χ4n) is 2.49. The zero-order valence-corrected chi connectivity index (χ0v) is 12.8. The summed E-state index contributed by atoms with van der Waals surface area (Å²) in [5.41, 5.74) is 0.247. The Morgan fingerprint density at radius 2 is 1.95 bits per heavy atom. The monoisotopic (exact) mass is 316 g/mol. The largest absolute Gasteiger partial charge is 0.418 e. The summed E-state index contributed by atoms with van der Waals surface area (Å²) in [6, 6.07) is 1.12. The Bertz CT molecular complexity index is 554. The molecule has 0 spiro atoms. The summed E-state index contributed by atoms with van der Waals surface area (Å²) in [6.45, 7) is 1.51. The van der Waals surface area contributed by atoms with Crippen molar-refractivity contribution in [3.05, 3.63) is 35.2 Å². The van der Waals surface area contributed by atoms with Gasteiger partial charge in [0.2, 0.25) is 6.29 Å². The molecule has 0 atom stereocenters. The molecule has 122 valence electrons. The third kappa shape index (κ3) is 3.66. The first kappa shape index (κ1) is 16.9. The van der Waals surface area contributed by atoms with E-state index in [0.717, 1.165) is 24.6 Å². The number of hydrogen-bond donors (Lipinski definition) is 0. The molecule has 0 aromatic carbocycles. The van der Waals surface area contributed by atoms with Gasteiger partial charge in [0.1, 0.15) is 5.69 Å². The van der Waals surface area contributed by atoms with Gasteiger partial charge >= 0.3 is 6.18 Å². The van der Waals surface area contributed by atoms with Crippen molar-refractivity contribution < 1.29 is 22.6 Å². The molecule has 0 aliphatic carbocycles. The van der Waals surface area contributed by atoms with Gasteiger partial charge in [-0.15, -0.1) is 0 Å². The summed E-state index contributed by atoms with van der Waals surface area (Å²) in [5, 5.41) is 0. The van der Waals surface area contributed by atoms with Gasteiger partial charge in [0.25, 0.3) is 0 Å². The number of halogens is 3. The summed E-state index contributed by atoms with van der Waals surface area (Å²) >= 11 is 0. The van der Waals surface area contributed by atoms with E-state index < -0.39 is 18.0 Å². The van der Waals surface area contributed by atoms with Crippen LogP contribution in [0, 0.1) is 0 Å². The van der Waals surface area contributed by atoms with Gasteiger partial charge in [0.05, 0.1) is 5.56 Å². The van der Waals surface area contributed by atoms with Crippen LogP contribution in [0.2, 0.25) is 0 Å². The average Bonchev–Trinajstić information content (AvgIpc) is 2.47. The van der Waals surface area contributed by atoms with Crippen molar-refractivity contribution in [3.8, 4) is 0 Å². The van der Waals surface area contributed by atoms with Crippen LogP contribution in [-0.2, 0) is 15.7 Å². The first-order valence-electron chi connectivity index (χ1n) is 6.87. The molecule has 1 aromatic heterocycles. The zero-order chi connectivity index (χ0) is 16.3. The minimum atomic E-state index is -4.52. The molecule has 0 N–H and O–H groups in total. The SMILES string of the molecule is COC(OC)c1ncc(C2=CCCN(C)C2)cc1C(F)(F)F. The lowest BCUT2D eigenvalue weighted by Gasteiger charge is -2.24. The molecule has 1 aliphatic rings. The Kier molecular flexibility index (Phi) is 5.20. The van der Waals surface area contributed by atoms with Crippen LogP contribution in [0.1, 0.15) is 29.5 Å². The van der Waals surface area contributed by atoms with Crippen LogP contribution in [0.5, 0.6) is 0 Å². The highest BCUT2D eigenvalue weighted by Gasteiger charge is 2.37. The van der Waals surface area contributed by atoms with Crippen molar-refractivity contribution in [3.63, 3.8) is 0 Å². The molecule has 0 bridgehead atoms. The van der Waals surface area contributed by atoms with E-state index in [9.17, 15) is 13.2 Å². The highest BCUT2D eigenvalue weighted by Crippen LogP contribution is 2.36. The van der Waals surface area contributed by atoms with Crippen LogP contribution in [0.25, 0.3) is 5.57 Å². The van der Waals surface area contributed by atoms with E-state index in [4.69, 9.17) is 9.47 Å². The second kappa shape index (κ2) is 6.76. The number of pyridine rings is 1. The summed E-state index contributed by atoms with van der Waals surface area (Å²) in [7, 11) is 4.50. The van der Waals surface area contributed by atoms with Crippen molar-refractivity contribution in [2.24, 2.45) is 0 Å². The maximum atomic E-state index is 13.3. The molecule has 1 aromatic rings. The molecule has 0 unspecified atom stereocenters. The highest BCUT2D eigenvalue weighted by molar-refractivity contribution is 5.67. The summed E-state index contributed by atoms with van der Waals surface area (Å²) in [4.78, 5) is 6.02. The Balaban J connectivity index is 2.46. The second-order valence-electron chi connectivity index (χ2n) is 5.21. The fourth-order valence-corrected chi connectivity index (χ4v) is 2.49. The molecule has 0 amide bonds. The predicted molar refractivity (Wildman–Crippen MR) is 76.1 cm³/mol. The van der Waals surface area contributed by atoms with E-state index in [1.54, 1.807) is 0 Å². The van der Waals surface area contributed by atoms with E-state index in [1.807, 2.05) is 13.1 Å². The first-order valence-corrected chi connectivity index (χ1v) is 6.87. The van der Waals surface area contributed by atoms with Crippen LogP contribution < -0.4 is 0 Å². The molecule has 0 radical (unpaired) electrons. The smallest absolute Gasteiger partial charge is 0.350 e. The van der Waals surface area contributed by atoms with E-state index in [0.29, 0.717) is 12.1 Å². The molecular formula is C15H19F3N2O2. The van der Waals surface area contributed by atoms with E-state index in [1.165, 1.54) is 20.4 Å². The van der Waals surface area contributed by atoms with Crippen LogP contribution in [0.4, 0.5) is 13.2 Å². The van der Waals surface area contributed by atoms with Crippen molar-refractivity contribution >= 4 is 5.57 Å². The van der Waals surface area contributed by atoms with Crippen LogP contribution in [0.3, 0.4) is 0 Å². The fraction of sp³-hybridized carbons (Fsp3) is 0.533. The van der Waals surface area contributed by atoms with Crippen molar-refractivity contribution in [1.82, 2.24) is 9.88 Å². The van der Waals surface area contributed by atoms with E-state index >= 15 is 0 Å². The summed E-state index contributed by atoms with van der Waals surface area (Å²) in [6.07, 6.45) is -1.45. The lowest BCUT2D eigenvalue weighted by molar-refractivity contribution is -0.149. The molecule has 0 saturated heterocycles. The minimum absolute atomic E-state index is 0.258. The second-order valence-corrected chi connectivity index (χ2v) is 5.21. The minimum Gasteiger partial charge on any atom is -0.350 e. The third-order valence-corrected chi connectivity index (χ3v) is 3.59. The number of methoxy groups -OCH3 is 2. The van der Waals surface area contributed by atoms with Crippen molar-refractivity contribution in [2.45, 2.75) is 18.9 Å². The molecular weight excluding hydrogens is 297 g/mol. The van der Waals surface area contributed by atoms with Gasteiger partial charge in [-0.1, -0.05) is 6.08 Å². The first-order chi connectivity index (χ1) is 10.4. The summed E-state index contributed by atoms with van der Waals surface area (Å²) < 4.78 is 49.8. The Morgan fingerprint density at radius 1 is 1.27 bits per heavy atom. The van der Waals surface area contributed by atoms with Crippen LogP contribution >= 0.6 is 0 Å². The van der Waals surface area contributed by atoms with Gasteiger partial charge in [0, 0.05) is 33.5 Å². The molecule has 0 fully saturated rings. The zero-order valence-electron chi connectivity index (χ0n) is 12.8. The number of nitrogens with zero attached hydrogens (tertiary/aromatic N) is 2. The van der Waals surface area contributed by atoms with Gasteiger partial charge < -0.3 is 14.4 Å². The van der Waals surface area contributed by atoms with Gasteiger partial charge in [0.15, 0.2) is 0 Å².